The van der Waals surface area contributed by atoms with Gasteiger partial charge < -0.3 is 105 Å². The van der Waals surface area contributed by atoms with E-state index in [4.69, 9.17) is 44.1 Å². The van der Waals surface area contributed by atoms with Gasteiger partial charge in [0, 0.05) is 0 Å². The molecule has 0 saturated carbocycles. The molecule has 16 N–H and O–H groups in total. The van der Waals surface area contributed by atoms with Crippen molar-refractivity contribution in [2.45, 2.75) is 31.0 Å². The second-order valence-electron chi connectivity index (χ2n) is 13.8. The molecular formula is C41H34O26. The van der Waals surface area contributed by atoms with Crippen molar-refractivity contribution in [2.75, 3.05) is 6.61 Å². The maximum absolute atomic E-state index is 13.3. The Kier molecular flexibility index (Phi) is 14.0. The van der Waals surface area contributed by atoms with Crippen molar-refractivity contribution in [1.29, 1.82) is 0 Å². The Morgan fingerprint density at radius 1 is 0.418 bits per heavy atom. The molecule has 26 heteroatoms. The molecule has 0 amide bonds. The first kappa shape index (κ1) is 48.4. The summed E-state index contributed by atoms with van der Waals surface area (Å²) < 4.78 is 27.3. The van der Waals surface area contributed by atoms with Crippen LogP contribution in [-0.2, 0) is 23.7 Å². The number of benzene rings is 5. The molecule has 26 nitrogen and oxygen atoms in total. The van der Waals surface area contributed by atoms with Gasteiger partial charge in [-0.1, -0.05) is 0 Å². The number of esters is 4. The van der Waals surface area contributed by atoms with Crippen LogP contribution in [0.2, 0.25) is 0 Å². The number of ether oxygens (including phenoxy) is 5. The minimum Gasteiger partial charge on any atom is -0.504 e. The van der Waals surface area contributed by atoms with E-state index in [9.17, 15) is 85.3 Å². The minimum atomic E-state index is -1.90. The molecule has 1 saturated heterocycles. The molecule has 0 bridgehead atoms. The van der Waals surface area contributed by atoms with Crippen molar-refractivity contribution in [2.24, 2.45) is 0 Å². The van der Waals surface area contributed by atoms with Gasteiger partial charge in [0.1, 0.15) is 18.8 Å². The number of hydrogen-bond donors (Lipinski definition) is 16. The van der Waals surface area contributed by atoms with Gasteiger partial charge in [0.05, 0.1) is 34.2 Å². The highest BCUT2D eigenvalue weighted by Crippen LogP contribution is 2.40. The van der Waals surface area contributed by atoms with Crippen LogP contribution in [0.25, 0.3) is 0 Å². The number of rotatable bonds is 10. The number of aromatic hydroxyl groups is 15. The van der Waals surface area contributed by atoms with Crippen LogP contribution in [-0.4, -0.2) is 143 Å². The maximum Gasteiger partial charge on any atom is 0.340 e. The number of phenols is 15. The predicted octanol–water partition coefficient (Wildman–Crippen LogP) is 2.24. The zero-order valence-corrected chi connectivity index (χ0v) is 33.2. The van der Waals surface area contributed by atoms with Gasteiger partial charge in [0.25, 0.3) is 0 Å². The standard InChI is InChI=1S/C34H28O21.C7H6O5/c35-15-1-11(2-16(36)26(15)43)31(47)51-10-24-30(55-34(50)14-7-21(41)29(46)22(42)8-14)23(53-32(48)12-3-17(37)27(44)18(38)4-12)9-25(52-24)54-33(49)13-5-19(39)28(45)20(40)6-13;8-4-1-3(7(11)12)2-5(9)6(4)10/h1-8,23-25,30,35-46H,9-10H2;1-2,8-10H,(H,11,12). The van der Waals surface area contributed by atoms with Crippen molar-refractivity contribution in [1.82, 2.24) is 0 Å². The highest BCUT2D eigenvalue weighted by Gasteiger charge is 2.46. The summed E-state index contributed by atoms with van der Waals surface area (Å²) in [4.78, 5) is 63.0. The largest absolute Gasteiger partial charge is 0.504 e. The number of carboxylic acid groups (broad SMARTS) is 1. The summed E-state index contributed by atoms with van der Waals surface area (Å²) in [6.07, 6.45) is -8.11. The number of aromatic carboxylic acids is 1. The molecular weight excluding hydrogens is 908 g/mol. The Hall–Kier alpha value is -9.59. The van der Waals surface area contributed by atoms with Crippen molar-refractivity contribution < 1.29 is 129 Å². The summed E-state index contributed by atoms with van der Waals surface area (Å²) in [6.45, 7) is -0.991. The second-order valence-corrected chi connectivity index (χ2v) is 13.8. The Morgan fingerprint density at radius 3 is 1.03 bits per heavy atom. The van der Waals surface area contributed by atoms with Gasteiger partial charge in [0.15, 0.2) is 92.3 Å². The quantitative estimate of drug-likeness (QED) is 0.0542. The van der Waals surface area contributed by atoms with Gasteiger partial charge >= 0.3 is 29.8 Å². The molecule has 1 heterocycles. The normalized spacial score (nSPS) is 16.4. The van der Waals surface area contributed by atoms with Crippen LogP contribution in [0.4, 0.5) is 0 Å². The van der Waals surface area contributed by atoms with Crippen LogP contribution in [0.15, 0.2) is 60.7 Å². The topological polar surface area (TPSA) is 455 Å². The van der Waals surface area contributed by atoms with E-state index in [1.807, 2.05) is 0 Å². The third-order valence-electron chi connectivity index (χ3n) is 9.14. The second kappa shape index (κ2) is 19.4. The fraction of sp³-hybridized carbons (Fsp3) is 0.146. The lowest BCUT2D eigenvalue weighted by Gasteiger charge is -2.39. The molecule has 6 rings (SSSR count). The lowest BCUT2D eigenvalue weighted by molar-refractivity contribution is -0.238. The third kappa shape index (κ3) is 11.0. The van der Waals surface area contributed by atoms with Crippen LogP contribution in [0.5, 0.6) is 86.2 Å². The van der Waals surface area contributed by atoms with E-state index in [2.05, 4.69) is 0 Å². The highest BCUT2D eigenvalue weighted by molar-refractivity contribution is 5.94. The number of carbonyl (C=O) groups excluding carboxylic acids is 4. The van der Waals surface area contributed by atoms with E-state index in [0.717, 1.165) is 12.1 Å². The van der Waals surface area contributed by atoms with E-state index in [1.165, 1.54) is 0 Å². The molecule has 354 valence electrons. The fourth-order valence-electron chi connectivity index (χ4n) is 5.81. The highest BCUT2D eigenvalue weighted by atomic mass is 16.7. The molecule has 0 radical (unpaired) electrons. The van der Waals surface area contributed by atoms with Gasteiger partial charge in [-0.15, -0.1) is 0 Å². The summed E-state index contributed by atoms with van der Waals surface area (Å²) in [5.41, 5.74) is -2.55. The number of carbonyl (C=O) groups is 5. The molecule has 67 heavy (non-hydrogen) atoms. The summed E-state index contributed by atoms with van der Waals surface area (Å²) in [5, 5.41) is 153. The van der Waals surface area contributed by atoms with Crippen molar-refractivity contribution in [3.05, 3.63) is 88.5 Å². The summed E-state index contributed by atoms with van der Waals surface area (Å²) in [7, 11) is 0. The van der Waals surface area contributed by atoms with E-state index in [0.29, 0.717) is 48.5 Å². The van der Waals surface area contributed by atoms with Crippen LogP contribution >= 0.6 is 0 Å². The van der Waals surface area contributed by atoms with Crippen molar-refractivity contribution in [3.8, 4) is 86.2 Å². The minimum absolute atomic E-state index is 0.289. The summed E-state index contributed by atoms with van der Waals surface area (Å²) >= 11 is 0. The Labute approximate surface area is 371 Å². The first-order valence-corrected chi connectivity index (χ1v) is 18.3. The molecule has 1 fully saturated rings. The monoisotopic (exact) mass is 942 g/mol. The van der Waals surface area contributed by atoms with Gasteiger partial charge in [-0.3, -0.25) is 0 Å². The van der Waals surface area contributed by atoms with E-state index in [-0.39, 0.29) is 5.56 Å². The zero-order valence-electron chi connectivity index (χ0n) is 33.2. The summed E-state index contributed by atoms with van der Waals surface area (Å²) in [5.74, 6) is -20.2. The Morgan fingerprint density at radius 2 is 0.701 bits per heavy atom. The third-order valence-corrected chi connectivity index (χ3v) is 9.14. The van der Waals surface area contributed by atoms with Crippen LogP contribution in [0.3, 0.4) is 0 Å². The molecule has 0 aromatic heterocycles. The van der Waals surface area contributed by atoms with Crippen LogP contribution in [0.1, 0.15) is 58.2 Å². The van der Waals surface area contributed by atoms with Crippen LogP contribution in [0, 0.1) is 0 Å². The SMILES string of the molecule is O=C(O)c1cc(O)c(O)c(O)c1.O=C(OCC1OC(OC(=O)c2cc(O)c(O)c(O)c2)CC(OC(=O)c2cc(O)c(O)c(O)c2)C1OC(=O)c1cc(O)c(O)c(O)c1)c1cc(O)c(O)c(O)c1. The molecule has 4 atom stereocenters. The summed E-state index contributed by atoms with van der Waals surface area (Å²) in [6, 6.07) is 7.24. The lowest BCUT2D eigenvalue weighted by atomic mass is 10.0. The smallest absolute Gasteiger partial charge is 0.340 e. The molecule has 1 aliphatic rings. The predicted molar refractivity (Wildman–Crippen MR) is 212 cm³/mol. The maximum atomic E-state index is 13.3. The molecule has 0 aliphatic carbocycles. The van der Waals surface area contributed by atoms with Crippen molar-refractivity contribution in [3.63, 3.8) is 0 Å². The molecule has 0 spiro atoms. The van der Waals surface area contributed by atoms with Gasteiger partial charge in [-0.2, -0.15) is 0 Å². The van der Waals surface area contributed by atoms with E-state index in [1.54, 1.807) is 0 Å². The van der Waals surface area contributed by atoms with Crippen molar-refractivity contribution >= 4 is 29.8 Å². The molecule has 1 aliphatic heterocycles. The first-order valence-electron chi connectivity index (χ1n) is 18.3. The number of carboxylic acids is 1. The van der Waals surface area contributed by atoms with E-state index >= 15 is 0 Å². The van der Waals surface area contributed by atoms with Gasteiger partial charge in [-0.25, -0.2) is 24.0 Å². The number of phenolic OH excluding ortho intramolecular Hbond substituents is 15. The number of hydrogen-bond acceptors (Lipinski definition) is 25. The average Bonchev–Trinajstić information content (AvgIpc) is 3.26. The molecule has 5 aromatic carbocycles. The van der Waals surface area contributed by atoms with Gasteiger partial charge in [-0.05, 0) is 60.7 Å². The molecule has 5 aromatic rings. The fourth-order valence-corrected chi connectivity index (χ4v) is 5.81. The Balaban J connectivity index is 0.000000608. The zero-order chi connectivity index (χ0) is 49.8. The Bertz CT molecular complexity index is 2670. The lowest BCUT2D eigenvalue weighted by Crippen LogP contribution is -2.54. The van der Waals surface area contributed by atoms with Crippen LogP contribution < -0.4 is 0 Å². The first-order chi connectivity index (χ1) is 31.4. The van der Waals surface area contributed by atoms with Gasteiger partial charge in [0.2, 0.25) is 6.29 Å². The molecule has 4 unspecified atom stereocenters. The van der Waals surface area contributed by atoms with E-state index < -0.39 is 176 Å². The average molecular weight is 943 g/mol.